The molecular weight excluding hydrogens is 199 g/mol. The number of thiocarbonyl (C=S) groups is 1. The number of rotatable bonds is 2. The van der Waals surface area contributed by atoms with E-state index in [0.717, 1.165) is 12.1 Å². The molecule has 0 atom stereocenters. The Bertz CT molecular complexity index is 338. The van der Waals surface area contributed by atoms with Crippen molar-refractivity contribution in [1.29, 1.82) is 0 Å². The Morgan fingerprint density at radius 3 is 2.31 bits per heavy atom. The molecule has 0 aromatic heterocycles. The average Bonchev–Trinajstić information content (AvgIpc) is 2.04. The summed E-state index contributed by atoms with van der Waals surface area (Å²) in [6.07, 6.45) is 0. The molecule has 0 heterocycles. The largest absolute Gasteiger partial charge is 0.388 e. The summed E-state index contributed by atoms with van der Waals surface area (Å²) in [5, 5.41) is 0. The van der Waals surface area contributed by atoms with Gasteiger partial charge in [-0.2, -0.15) is 8.78 Å². The quantitative estimate of drug-likeness (QED) is 0.749. The van der Waals surface area contributed by atoms with Crippen molar-refractivity contribution in [1.82, 2.24) is 0 Å². The lowest BCUT2D eigenvalue weighted by Gasteiger charge is -2.14. The summed E-state index contributed by atoms with van der Waals surface area (Å²) in [7, 11) is 0. The van der Waals surface area contributed by atoms with E-state index in [1.54, 1.807) is 0 Å². The average molecular weight is 205 g/mol. The number of alkyl halides is 2. The zero-order chi connectivity index (χ0) is 10.1. The van der Waals surface area contributed by atoms with Crippen LogP contribution in [0.25, 0.3) is 0 Å². The van der Waals surface area contributed by atoms with Crippen LogP contribution in [0.15, 0.2) is 24.3 Å². The fourth-order valence-electron chi connectivity index (χ4n) is 0.849. The standard InChI is InChI=1S/C8H6F3NS/c9-6-4-2-1-3-5(6)8(10,11)7(12)13/h1-4H,(H2,12,13). The van der Waals surface area contributed by atoms with Crippen molar-refractivity contribution in [3.8, 4) is 0 Å². The van der Waals surface area contributed by atoms with Gasteiger partial charge in [-0.1, -0.05) is 24.4 Å². The molecule has 0 saturated heterocycles. The van der Waals surface area contributed by atoms with Crippen LogP contribution in [0, 0.1) is 5.82 Å². The van der Waals surface area contributed by atoms with Crippen LogP contribution in [-0.2, 0) is 5.92 Å². The van der Waals surface area contributed by atoms with Crippen molar-refractivity contribution < 1.29 is 13.2 Å². The van der Waals surface area contributed by atoms with Crippen molar-refractivity contribution in [2.45, 2.75) is 5.92 Å². The van der Waals surface area contributed by atoms with Gasteiger partial charge in [0.05, 0.1) is 5.56 Å². The van der Waals surface area contributed by atoms with Crippen LogP contribution in [-0.4, -0.2) is 4.99 Å². The van der Waals surface area contributed by atoms with E-state index < -0.39 is 22.3 Å². The van der Waals surface area contributed by atoms with Crippen LogP contribution in [0.3, 0.4) is 0 Å². The molecule has 2 N–H and O–H groups in total. The van der Waals surface area contributed by atoms with Gasteiger partial charge >= 0.3 is 5.92 Å². The Balaban J connectivity index is 3.22. The summed E-state index contributed by atoms with van der Waals surface area (Å²) in [5.41, 5.74) is 4.00. The maximum atomic E-state index is 13.0. The Hall–Kier alpha value is -1.10. The molecule has 0 radical (unpaired) electrons. The Morgan fingerprint density at radius 2 is 1.85 bits per heavy atom. The molecule has 0 aliphatic carbocycles. The minimum atomic E-state index is -3.58. The van der Waals surface area contributed by atoms with Gasteiger partial charge in [-0.15, -0.1) is 0 Å². The summed E-state index contributed by atoms with van der Waals surface area (Å²) in [6, 6.07) is 4.50. The van der Waals surface area contributed by atoms with Crippen molar-refractivity contribution >= 4 is 17.2 Å². The minimum absolute atomic E-state index is 0.789. The molecule has 0 aliphatic heterocycles. The second-order valence-electron chi connectivity index (χ2n) is 2.42. The van der Waals surface area contributed by atoms with Crippen LogP contribution in [0.1, 0.15) is 5.56 Å². The van der Waals surface area contributed by atoms with Crippen molar-refractivity contribution in [2.24, 2.45) is 5.73 Å². The number of benzene rings is 1. The molecule has 0 unspecified atom stereocenters. The second-order valence-corrected chi connectivity index (χ2v) is 2.86. The predicted molar refractivity (Wildman–Crippen MR) is 47.1 cm³/mol. The lowest BCUT2D eigenvalue weighted by molar-refractivity contribution is 0.0733. The van der Waals surface area contributed by atoms with Gasteiger partial charge in [0.2, 0.25) is 0 Å². The summed E-state index contributed by atoms with van der Waals surface area (Å²) < 4.78 is 38.9. The highest BCUT2D eigenvalue weighted by Crippen LogP contribution is 2.29. The van der Waals surface area contributed by atoms with E-state index in [0.29, 0.717) is 0 Å². The van der Waals surface area contributed by atoms with Crippen LogP contribution in [0.5, 0.6) is 0 Å². The van der Waals surface area contributed by atoms with E-state index in [1.807, 2.05) is 0 Å². The van der Waals surface area contributed by atoms with Gasteiger partial charge in [0.15, 0.2) is 0 Å². The first-order chi connectivity index (χ1) is 5.96. The topological polar surface area (TPSA) is 26.0 Å². The highest BCUT2D eigenvalue weighted by Gasteiger charge is 2.37. The smallest absolute Gasteiger partial charge is 0.325 e. The maximum absolute atomic E-state index is 13.0. The van der Waals surface area contributed by atoms with Crippen LogP contribution < -0.4 is 5.73 Å². The molecule has 0 saturated carbocycles. The Morgan fingerprint density at radius 1 is 1.31 bits per heavy atom. The van der Waals surface area contributed by atoms with Crippen molar-refractivity contribution in [3.63, 3.8) is 0 Å². The van der Waals surface area contributed by atoms with Gasteiger partial charge in [0.1, 0.15) is 10.8 Å². The third-order valence-electron chi connectivity index (χ3n) is 1.52. The van der Waals surface area contributed by atoms with E-state index in [1.165, 1.54) is 12.1 Å². The fourth-order valence-corrected chi connectivity index (χ4v) is 0.959. The molecule has 1 rings (SSSR count). The number of hydrogen-bond acceptors (Lipinski definition) is 1. The van der Waals surface area contributed by atoms with E-state index >= 15 is 0 Å². The third kappa shape index (κ3) is 1.80. The van der Waals surface area contributed by atoms with Gasteiger partial charge in [0, 0.05) is 0 Å². The molecule has 70 valence electrons. The Labute approximate surface area is 78.4 Å². The van der Waals surface area contributed by atoms with Gasteiger partial charge < -0.3 is 5.73 Å². The minimum Gasteiger partial charge on any atom is -0.388 e. The normalized spacial score (nSPS) is 11.3. The monoisotopic (exact) mass is 205 g/mol. The third-order valence-corrected chi connectivity index (χ3v) is 1.78. The van der Waals surface area contributed by atoms with Gasteiger partial charge in [-0.05, 0) is 12.1 Å². The molecule has 0 amide bonds. The summed E-state index contributed by atoms with van der Waals surface area (Å²) in [4.78, 5) is -1.03. The van der Waals surface area contributed by atoms with Crippen molar-refractivity contribution in [2.75, 3.05) is 0 Å². The first-order valence-electron chi connectivity index (χ1n) is 3.39. The number of nitrogens with two attached hydrogens (primary N) is 1. The van der Waals surface area contributed by atoms with Crippen LogP contribution in [0.2, 0.25) is 0 Å². The van der Waals surface area contributed by atoms with E-state index in [2.05, 4.69) is 12.2 Å². The van der Waals surface area contributed by atoms with Crippen molar-refractivity contribution in [3.05, 3.63) is 35.6 Å². The molecule has 5 heteroatoms. The van der Waals surface area contributed by atoms with Crippen LogP contribution >= 0.6 is 12.2 Å². The molecule has 0 aliphatic rings. The van der Waals surface area contributed by atoms with E-state index in [4.69, 9.17) is 5.73 Å². The highest BCUT2D eigenvalue weighted by atomic mass is 32.1. The molecule has 1 aromatic carbocycles. The molecular formula is C8H6F3NS. The van der Waals surface area contributed by atoms with E-state index in [-0.39, 0.29) is 0 Å². The van der Waals surface area contributed by atoms with Gasteiger partial charge in [-0.3, -0.25) is 0 Å². The molecule has 1 nitrogen and oxygen atoms in total. The summed E-state index contributed by atoms with van der Waals surface area (Å²) in [5.74, 6) is -4.60. The summed E-state index contributed by atoms with van der Waals surface area (Å²) >= 11 is 4.13. The molecule has 0 bridgehead atoms. The fraction of sp³-hybridized carbons (Fsp3) is 0.125. The first kappa shape index (κ1) is 9.98. The predicted octanol–water partition coefficient (Wildman–Crippen LogP) is 2.20. The van der Waals surface area contributed by atoms with Crippen LogP contribution in [0.4, 0.5) is 13.2 Å². The number of halogens is 3. The zero-order valence-electron chi connectivity index (χ0n) is 6.43. The molecule has 0 spiro atoms. The second kappa shape index (κ2) is 3.33. The lowest BCUT2D eigenvalue weighted by Crippen LogP contribution is -2.32. The molecule has 1 aromatic rings. The molecule has 0 fully saturated rings. The highest BCUT2D eigenvalue weighted by molar-refractivity contribution is 7.80. The zero-order valence-corrected chi connectivity index (χ0v) is 7.25. The summed E-state index contributed by atoms with van der Waals surface area (Å²) in [6.45, 7) is 0. The maximum Gasteiger partial charge on any atom is 0.325 e. The molecule has 13 heavy (non-hydrogen) atoms. The van der Waals surface area contributed by atoms with E-state index in [9.17, 15) is 13.2 Å². The Kier molecular flexibility index (Phi) is 2.56. The first-order valence-corrected chi connectivity index (χ1v) is 3.80. The van der Waals surface area contributed by atoms with Gasteiger partial charge in [0.25, 0.3) is 0 Å². The SMILES string of the molecule is NC(=S)C(F)(F)c1ccccc1F. The van der Waals surface area contributed by atoms with Gasteiger partial charge in [-0.25, -0.2) is 4.39 Å². The lowest BCUT2D eigenvalue weighted by atomic mass is 10.1. The number of hydrogen-bond donors (Lipinski definition) is 1.